The second kappa shape index (κ2) is 8.10. The van der Waals surface area contributed by atoms with Crippen LogP contribution >= 0.6 is 11.3 Å². The van der Waals surface area contributed by atoms with Gasteiger partial charge in [0.25, 0.3) is 0 Å². The van der Waals surface area contributed by atoms with Gasteiger partial charge < -0.3 is 19.9 Å². The lowest BCUT2D eigenvalue weighted by Gasteiger charge is -2.29. The molecule has 2 aromatic rings. The van der Waals surface area contributed by atoms with E-state index in [0.29, 0.717) is 26.2 Å². The third-order valence-electron chi connectivity index (χ3n) is 5.06. The van der Waals surface area contributed by atoms with Crippen LogP contribution in [0.5, 0.6) is 0 Å². The van der Waals surface area contributed by atoms with E-state index in [0.717, 1.165) is 28.2 Å². The summed E-state index contributed by atoms with van der Waals surface area (Å²) in [6.45, 7) is 7.96. The zero-order valence-corrected chi connectivity index (χ0v) is 18.3. The molecule has 0 spiro atoms. The van der Waals surface area contributed by atoms with Gasteiger partial charge in [0.2, 0.25) is 0 Å². The average Bonchev–Trinajstić information content (AvgIpc) is 3.30. The van der Waals surface area contributed by atoms with E-state index in [9.17, 15) is 9.59 Å². The Morgan fingerprint density at radius 1 is 1.13 bits per heavy atom. The highest BCUT2D eigenvalue weighted by molar-refractivity contribution is 7.09. The van der Waals surface area contributed by atoms with Crippen molar-refractivity contribution in [2.24, 2.45) is 0 Å². The molecule has 0 atom stereocenters. The summed E-state index contributed by atoms with van der Waals surface area (Å²) in [5.41, 5.74) is 5.39. The van der Waals surface area contributed by atoms with Crippen molar-refractivity contribution in [3.8, 4) is 0 Å². The fraction of sp³-hybridized carbons (Fsp3) is 0.409. The van der Waals surface area contributed by atoms with Crippen LogP contribution in [0.1, 0.15) is 43.3 Å². The molecule has 3 amide bonds. The van der Waals surface area contributed by atoms with Crippen molar-refractivity contribution in [1.29, 1.82) is 0 Å². The Labute approximate surface area is 180 Å². The van der Waals surface area contributed by atoms with Gasteiger partial charge in [-0.25, -0.2) is 14.6 Å². The Kier molecular flexibility index (Phi) is 5.51. The van der Waals surface area contributed by atoms with Crippen molar-refractivity contribution in [2.75, 3.05) is 18.4 Å². The molecule has 7 nitrogen and oxygen atoms in total. The van der Waals surface area contributed by atoms with Crippen LogP contribution in [0.4, 0.5) is 15.3 Å². The lowest BCUT2D eigenvalue weighted by atomic mass is 9.99. The molecule has 2 aliphatic heterocycles. The number of fused-ring (bicyclic) bond motifs is 1. The number of nitrogens with zero attached hydrogens (tertiary/aromatic N) is 3. The number of carbonyl (C=O) groups excluding carboxylic acids is 2. The minimum atomic E-state index is -0.487. The molecule has 8 heteroatoms. The molecule has 4 rings (SSSR count). The summed E-state index contributed by atoms with van der Waals surface area (Å²) < 4.78 is 5.44. The Morgan fingerprint density at radius 2 is 1.90 bits per heavy atom. The summed E-state index contributed by atoms with van der Waals surface area (Å²) >= 11 is 1.59. The molecule has 158 valence electrons. The van der Waals surface area contributed by atoms with Crippen LogP contribution in [-0.4, -0.2) is 45.6 Å². The van der Waals surface area contributed by atoms with Crippen LogP contribution < -0.4 is 5.32 Å². The van der Waals surface area contributed by atoms with Gasteiger partial charge in [-0.2, -0.15) is 0 Å². The predicted octanol–water partition coefficient (Wildman–Crippen LogP) is 4.72. The van der Waals surface area contributed by atoms with Crippen molar-refractivity contribution in [3.05, 3.63) is 52.0 Å². The van der Waals surface area contributed by atoms with Crippen molar-refractivity contribution < 1.29 is 14.3 Å². The van der Waals surface area contributed by atoms with Crippen LogP contribution in [0.2, 0.25) is 0 Å². The average molecular weight is 427 g/mol. The summed E-state index contributed by atoms with van der Waals surface area (Å²) in [5, 5.41) is 2.96. The van der Waals surface area contributed by atoms with Gasteiger partial charge in [-0.1, -0.05) is 18.2 Å². The number of ether oxygens (including phenoxy) is 1. The first-order chi connectivity index (χ1) is 14.3. The molecular weight excluding hydrogens is 400 g/mol. The third kappa shape index (κ3) is 4.64. The molecule has 1 aromatic carbocycles. The summed E-state index contributed by atoms with van der Waals surface area (Å²) in [7, 11) is 0. The summed E-state index contributed by atoms with van der Waals surface area (Å²) in [6.07, 6.45) is 2.56. The normalized spacial score (nSPS) is 16.2. The van der Waals surface area contributed by atoms with E-state index in [1.807, 2.05) is 50.5 Å². The maximum absolute atomic E-state index is 12.5. The number of aromatic nitrogens is 1. The number of amides is 3. The van der Waals surface area contributed by atoms with Gasteiger partial charge in [0.05, 0.1) is 24.3 Å². The molecule has 30 heavy (non-hydrogen) atoms. The van der Waals surface area contributed by atoms with Gasteiger partial charge in [0.1, 0.15) is 5.60 Å². The first kappa shape index (κ1) is 20.4. The zero-order valence-electron chi connectivity index (χ0n) is 17.5. The van der Waals surface area contributed by atoms with Crippen LogP contribution in [0.25, 0.3) is 5.57 Å². The number of rotatable bonds is 2. The number of hydrogen-bond acceptors (Lipinski definition) is 5. The summed E-state index contributed by atoms with van der Waals surface area (Å²) in [5.74, 6) is 0. The van der Waals surface area contributed by atoms with Crippen LogP contribution in [-0.2, 0) is 17.8 Å². The standard InChI is InChI=1S/C22H26N4O3S/c1-22(2,3)29-21(28)25-10-8-16(9-11-25)15-4-6-17(7-5-15)24-20(27)26-12-18-19(13-26)30-14-23-18/h4-8,14H,9-13H2,1-3H3,(H,24,27). The Morgan fingerprint density at radius 3 is 2.53 bits per heavy atom. The SMILES string of the molecule is CC(C)(C)OC(=O)N1CC=C(c2ccc(NC(=O)N3Cc4ncsc4C3)cc2)CC1. The van der Waals surface area contributed by atoms with Crippen molar-refractivity contribution in [1.82, 2.24) is 14.8 Å². The number of thiazole rings is 1. The zero-order chi connectivity index (χ0) is 21.3. The smallest absolute Gasteiger partial charge is 0.410 e. The second-order valence-electron chi connectivity index (χ2n) is 8.49. The first-order valence-electron chi connectivity index (χ1n) is 10.0. The van der Waals surface area contributed by atoms with Crippen LogP contribution in [0.15, 0.2) is 35.9 Å². The van der Waals surface area contributed by atoms with E-state index in [1.54, 1.807) is 21.1 Å². The Hall–Kier alpha value is -2.87. The van der Waals surface area contributed by atoms with Crippen molar-refractivity contribution in [2.45, 2.75) is 45.9 Å². The number of carbonyl (C=O) groups is 2. The molecule has 2 aliphatic rings. The lowest BCUT2D eigenvalue weighted by molar-refractivity contribution is 0.0270. The highest BCUT2D eigenvalue weighted by atomic mass is 32.1. The van der Waals surface area contributed by atoms with Crippen molar-refractivity contribution >= 4 is 34.7 Å². The largest absolute Gasteiger partial charge is 0.444 e. The maximum atomic E-state index is 12.5. The summed E-state index contributed by atoms with van der Waals surface area (Å²) in [6, 6.07) is 7.73. The fourth-order valence-electron chi connectivity index (χ4n) is 3.50. The third-order valence-corrected chi connectivity index (χ3v) is 5.92. The minimum absolute atomic E-state index is 0.113. The van der Waals surface area contributed by atoms with Gasteiger partial charge in [-0.05, 0) is 50.5 Å². The molecule has 0 saturated heterocycles. The van der Waals surface area contributed by atoms with Gasteiger partial charge in [-0.3, -0.25) is 0 Å². The van der Waals surface area contributed by atoms with E-state index in [-0.39, 0.29) is 12.1 Å². The molecule has 0 aliphatic carbocycles. The molecule has 1 aromatic heterocycles. The summed E-state index contributed by atoms with van der Waals surface area (Å²) in [4.78, 5) is 33.6. The number of nitrogens with one attached hydrogen (secondary N) is 1. The van der Waals surface area contributed by atoms with Crippen LogP contribution in [0.3, 0.4) is 0 Å². The monoisotopic (exact) mass is 426 g/mol. The highest BCUT2D eigenvalue weighted by Crippen LogP contribution is 2.27. The minimum Gasteiger partial charge on any atom is -0.444 e. The van der Waals surface area contributed by atoms with Gasteiger partial charge in [0, 0.05) is 23.7 Å². The fourth-order valence-corrected chi connectivity index (χ4v) is 4.29. The van der Waals surface area contributed by atoms with Gasteiger partial charge in [-0.15, -0.1) is 11.3 Å². The second-order valence-corrected chi connectivity index (χ2v) is 9.43. The molecule has 0 unspecified atom stereocenters. The Balaban J connectivity index is 1.32. The van der Waals surface area contributed by atoms with E-state index < -0.39 is 5.60 Å². The molecule has 1 N–H and O–H groups in total. The van der Waals surface area contributed by atoms with E-state index >= 15 is 0 Å². The van der Waals surface area contributed by atoms with Gasteiger partial charge >= 0.3 is 12.1 Å². The number of anilines is 1. The molecule has 3 heterocycles. The quantitative estimate of drug-likeness (QED) is 0.754. The lowest BCUT2D eigenvalue weighted by Crippen LogP contribution is -2.39. The first-order valence-corrected chi connectivity index (χ1v) is 10.9. The number of benzene rings is 1. The number of hydrogen-bond donors (Lipinski definition) is 1. The van der Waals surface area contributed by atoms with E-state index in [4.69, 9.17) is 4.74 Å². The number of urea groups is 1. The molecular formula is C22H26N4O3S. The Bertz CT molecular complexity index is 955. The van der Waals surface area contributed by atoms with Crippen LogP contribution in [0, 0.1) is 0 Å². The molecule has 0 saturated carbocycles. The predicted molar refractivity (Wildman–Crippen MR) is 117 cm³/mol. The maximum Gasteiger partial charge on any atom is 0.410 e. The highest BCUT2D eigenvalue weighted by Gasteiger charge is 2.26. The van der Waals surface area contributed by atoms with E-state index in [2.05, 4.69) is 16.4 Å². The molecule has 0 fully saturated rings. The topological polar surface area (TPSA) is 74.8 Å². The molecule has 0 radical (unpaired) electrons. The molecule has 0 bridgehead atoms. The van der Waals surface area contributed by atoms with Crippen molar-refractivity contribution in [3.63, 3.8) is 0 Å². The van der Waals surface area contributed by atoms with Gasteiger partial charge in [0.15, 0.2) is 0 Å². The van der Waals surface area contributed by atoms with E-state index in [1.165, 1.54) is 5.57 Å².